The van der Waals surface area contributed by atoms with E-state index >= 15 is 0 Å². The molecule has 0 radical (unpaired) electrons. The molecule has 9 heteroatoms. The fourth-order valence-corrected chi connectivity index (χ4v) is 4.72. The number of carbonyl (C=O) groups is 3. The van der Waals surface area contributed by atoms with Crippen LogP contribution in [0, 0.1) is 0 Å². The van der Waals surface area contributed by atoms with Gasteiger partial charge >= 0.3 is 12.1 Å². The standard InChI is InChI=1S/C25H28N2O7/c1-33-16(11-23(29)27-13-15(28)10-22(27)24(30)31)12-26-25(32)34-14-21-19-8-4-2-6-17(19)18-7-3-5-9-20(18)21/h2-9,15-16,21-22,28H,10-14H2,1H3,(H,26,32)(H,30,31)/t15-,16?,22+/m1/s1. The summed E-state index contributed by atoms with van der Waals surface area (Å²) in [7, 11) is 1.41. The number of aliphatic carboxylic acids is 1. The third kappa shape index (κ3) is 4.90. The van der Waals surface area contributed by atoms with Gasteiger partial charge in [-0.25, -0.2) is 9.59 Å². The Kier molecular flexibility index (Phi) is 7.14. The normalized spacial score (nSPS) is 19.9. The maximum absolute atomic E-state index is 12.6. The van der Waals surface area contributed by atoms with Gasteiger partial charge in [0, 0.05) is 32.5 Å². The summed E-state index contributed by atoms with van der Waals surface area (Å²) in [6.45, 7) is 0.154. The molecule has 1 heterocycles. The minimum absolute atomic E-state index is 0.00325. The Morgan fingerprint density at radius 3 is 2.29 bits per heavy atom. The van der Waals surface area contributed by atoms with Crippen LogP contribution in [0.5, 0.6) is 0 Å². The largest absolute Gasteiger partial charge is 0.480 e. The molecule has 34 heavy (non-hydrogen) atoms. The van der Waals surface area contributed by atoms with Crippen molar-refractivity contribution in [3.8, 4) is 11.1 Å². The number of aliphatic hydroxyl groups excluding tert-OH is 1. The lowest BCUT2D eigenvalue weighted by Gasteiger charge is -2.24. The predicted octanol–water partition coefficient (Wildman–Crippen LogP) is 1.98. The molecule has 3 N–H and O–H groups in total. The molecule has 2 aromatic rings. The summed E-state index contributed by atoms with van der Waals surface area (Å²) in [6, 6.07) is 15.0. The van der Waals surface area contributed by atoms with E-state index in [1.807, 2.05) is 36.4 Å². The molecule has 2 amide bonds. The number of alkyl carbamates (subject to hydrolysis) is 1. The summed E-state index contributed by atoms with van der Waals surface area (Å²) >= 11 is 0. The average molecular weight is 469 g/mol. The molecule has 1 saturated heterocycles. The number of methoxy groups -OCH3 is 1. The second-order valence-corrected chi connectivity index (χ2v) is 8.56. The number of carboxylic acid groups (broad SMARTS) is 1. The van der Waals surface area contributed by atoms with Gasteiger partial charge in [0.05, 0.1) is 18.6 Å². The monoisotopic (exact) mass is 468 g/mol. The zero-order valence-corrected chi connectivity index (χ0v) is 18.8. The Morgan fingerprint density at radius 1 is 1.09 bits per heavy atom. The molecule has 0 spiro atoms. The summed E-state index contributed by atoms with van der Waals surface area (Å²) in [6.07, 6.45) is -2.30. The van der Waals surface area contributed by atoms with Crippen LogP contribution in [0.1, 0.15) is 29.9 Å². The number of amides is 2. The van der Waals surface area contributed by atoms with E-state index in [4.69, 9.17) is 9.47 Å². The van der Waals surface area contributed by atoms with Gasteiger partial charge in [-0.1, -0.05) is 48.5 Å². The van der Waals surface area contributed by atoms with Crippen LogP contribution < -0.4 is 5.32 Å². The number of fused-ring (bicyclic) bond motifs is 3. The average Bonchev–Trinajstić information content (AvgIpc) is 3.38. The van der Waals surface area contributed by atoms with Gasteiger partial charge in [0.25, 0.3) is 0 Å². The van der Waals surface area contributed by atoms with E-state index in [1.54, 1.807) is 0 Å². The number of ether oxygens (including phenoxy) is 2. The van der Waals surface area contributed by atoms with Crippen molar-refractivity contribution >= 4 is 18.0 Å². The lowest BCUT2D eigenvalue weighted by Crippen LogP contribution is -2.43. The Morgan fingerprint density at radius 2 is 1.71 bits per heavy atom. The van der Waals surface area contributed by atoms with E-state index in [-0.39, 0.29) is 38.5 Å². The van der Waals surface area contributed by atoms with Crippen molar-refractivity contribution in [1.29, 1.82) is 0 Å². The van der Waals surface area contributed by atoms with Gasteiger partial charge in [0.1, 0.15) is 12.6 Å². The van der Waals surface area contributed by atoms with Crippen molar-refractivity contribution in [3.63, 3.8) is 0 Å². The van der Waals surface area contributed by atoms with Crippen LogP contribution >= 0.6 is 0 Å². The molecule has 1 fully saturated rings. The first kappa shape index (κ1) is 23.7. The quantitative estimate of drug-likeness (QED) is 0.541. The number of nitrogens with one attached hydrogen (secondary N) is 1. The van der Waals surface area contributed by atoms with E-state index in [1.165, 1.54) is 7.11 Å². The summed E-state index contributed by atoms with van der Waals surface area (Å²) < 4.78 is 10.8. The Bertz CT molecular complexity index is 1030. The highest BCUT2D eigenvalue weighted by atomic mass is 16.5. The minimum Gasteiger partial charge on any atom is -0.480 e. The molecular weight excluding hydrogens is 440 g/mol. The zero-order chi connectivity index (χ0) is 24.2. The predicted molar refractivity (Wildman–Crippen MR) is 122 cm³/mol. The second-order valence-electron chi connectivity index (χ2n) is 8.56. The number of rotatable bonds is 8. The zero-order valence-electron chi connectivity index (χ0n) is 18.8. The molecule has 1 aliphatic heterocycles. The minimum atomic E-state index is -1.16. The molecule has 9 nitrogen and oxygen atoms in total. The van der Waals surface area contributed by atoms with Crippen molar-refractivity contribution in [2.24, 2.45) is 0 Å². The van der Waals surface area contributed by atoms with Crippen molar-refractivity contribution in [1.82, 2.24) is 10.2 Å². The highest BCUT2D eigenvalue weighted by Gasteiger charge is 2.39. The fourth-order valence-electron chi connectivity index (χ4n) is 4.72. The fraction of sp³-hybridized carbons (Fsp3) is 0.400. The topological polar surface area (TPSA) is 125 Å². The van der Waals surface area contributed by atoms with Gasteiger partial charge in [-0.2, -0.15) is 0 Å². The van der Waals surface area contributed by atoms with Crippen LogP contribution in [-0.4, -0.2) is 78.1 Å². The first-order chi connectivity index (χ1) is 16.4. The number of hydrogen-bond acceptors (Lipinski definition) is 6. The van der Waals surface area contributed by atoms with E-state index in [9.17, 15) is 24.6 Å². The van der Waals surface area contributed by atoms with E-state index < -0.39 is 36.2 Å². The first-order valence-corrected chi connectivity index (χ1v) is 11.2. The molecule has 1 aliphatic carbocycles. The molecule has 3 atom stereocenters. The lowest BCUT2D eigenvalue weighted by atomic mass is 9.98. The highest BCUT2D eigenvalue weighted by molar-refractivity contribution is 5.85. The smallest absolute Gasteiger partial charge is 0.407 e. The number of β-amino-alcohol motifs (C(OH)–C–C–N with tert-alkyl or cyclic N) is 1. The van der Waals surface area contributed by atoms with Crippen LogP contribution in [0.3, 0.4) is 0 Å². The molecule has 2 aromatic carbocycles. The third-order valence-electron chi connectivity index (χ3n) is 6.44. The third-order valence-corrected chi connectivity index (χ3v) is 6.44. The number of aliphatic hydroxyl groups is 1. The number of nitrogens with zero attached hydrogens (tertiary/aromatic N) is 1. The molecule has 0 saturated carbocycles. The van der Waals surface area contributed by atoms with Gasteiger partial charge in [0.2, 0.25) is 5.91 Å². The van der Waals surface area contributed by atoms with Gasteiger partial charge in [0.15, 0.2) is 0 Å². The molecule has 4 rings (SSSR count). The molecule has 0 aromatic heterocycles. The second kappa shape index (κ2) is 10.2. The summed E-state index contributed by atoms with van der Waals surface area (Å²) in [5, 5.41) is 21.6. The molecule has 0 bridgehead atoms. The molecule has 1 unspecified atom stereocenters. The van der Waals surface area contributed by atoms with Gasteiger partial charge in [-0.05, 0) is 22.3 Å². The number of carbonyl (C=O) groups excluding carboxylic acids is 2. The summed E-state index contributed by atoms with van der Waals surface area (Å²) in [4.78, 5) is 37.5. The summed E-state index contributed by atoms with van der Waals surface area (Å²) in [5.74, 6) is -1.67. The number of carboxylic acids is 1. The Labute approximate surface area is 197 Å². The van der Waals surface area contributed by atoms with Crippen LogP contribution in [0.25, 0.3) is 11.1 Å². The maximum Gasteiger partial charge on any atom is 0.407 e. The van der Waals surface area contributed by atoms with Gasteiger partial charge < -0.3 is 29.9 Å². The highest BCUT2D eigenvalue weighted by Crippen LogP contribution is 2.44. The lowest BCUT2D eigenvalue weighted by molar-refractivity contribution is -0.149. The number of likely N-dealkylation sites (tertiary alicyclic amines) is 1. The Hall–Kier alpha value is -3.43. The summed E-state index contributed by atoms with van der Waals surface area (Å²) in [5.41, 5.74) is 4.49. The SMILES string of the molecule is COC(CNC(=O)OCC1c2ccccc2-c2ccccc21)CC(=O)N1C[C@H](O)C[C@H]1C(=O)O. The van der Waals surface area contributed by atoms with Crippen molar-refractivity contribution < 1.29 is 34.1 Å². The molecular formula is C25H28N2O7. The van der Waals surface area contributed by atoms with Crippen LogP contribution in [0.4, 0.5) is 4.79 Å². The van der Waals surface area contributed by atoms with Gasteiger partial charge in [-0.15, -0.1) is 0 Å². The van der Waals surface area contributed by atoms with Crippen molar-refractivity contribution in [3.05, 3.63) is 59.7 Å². The molecule has 180 valence electrons. The van der Waals surface area contributed by atoms with E-state index in [2.05, 4.69) is 17.4 Å². The van der Waals surface area contributed by atoms with Crippen molar-refractivity contribution in [2.45, 2.75) is 37.0 Å². The number of benzene rings is 2. The van der Waals surface area contributed by atoms with Crippen LogP contribution in [0.2, 0.25) is 0 Å². The van der Waals surface area contributed by atoms with Crippen molar-refractivity contribution in [2.75, 3.05) is 26.8 Å². The van der Waals surface area contributed by atoms with E-state index in [0.29, 0.717) is 0 Å². The number of hydrogen-bond donors (Lipinski definition) is 3. The first-order valence-electron chi connectivity index (χ1n) is 11.2. The van der Waals surface area contributed by atoms with E-state index in [0.717, 1.165) is 27.2 Å². The van der Waals surface area contributed by atoms with Crippen LogP contribution in [-0.2, 0) is 19.1 Å². The Balaban J connectivity index is 1.30. The van der Waals surface area contributed by atoms with Gasteiger partial charge in [-0.3, -0.25) is 4.79 Å². The maximum atomic E-state index is 12.6. The van der Waals surface area contributed by atoms with Crippen LogP contribution in [0.15, 0.2) is 48.5 Å². The molecule has 2 aliphatic rings.